The summed E-state index contributed by atoms with van der Waals surface area (Å²) in [5, 5.41) is 3.68. The smallest absolute Gasteiger partial charge is 0.250 e. The standard InChI is InChI=1S/C11H14ClN3O/c12-10-5-7(1-2-9(10)11(14)16)15-8-3-6(13)4-8/h1-2,5-6,8,15H,3-4,13H2,(H2,14,16). The largest absolute Gasteiger partial charge is 0.382 e. The van der Waals surface area contributed by atoms with E-state index in [4.69, 9.17) is 23.1 Å². The van der Waals surface area contributed by atoms with E-state index in [9.17, 15) is 4.79 Å². The first-order valence-electron chi connectivity index (χ1n) is 5.17. The summed E-state index contributed by atoms with van der Waals surface area (Å²) in [6.45, 7) is 0. The molecule has 2 rings (SSSR count). The first-order chi connectivity index (χ1) is 7.56. The predicted molar refractivity (Wildman–Crippen MR) is 64.6 cm³/mol. The summed E-state index contributed by atoms with van der Waals surface area (Å²) in [7, 11) is 0. The fourth-order valence-electron chi connectivity index (χ4n) is 1.82. The van der Waals surface area contributed by atoms with Crippen LogP contribution in [0.15, 0.2) is 18.2 Å². The maximum Gasteiger partial charge on any atom is 0.250 e. The van der Waals surface area contributed by atoms with Crippen LogP contribution in [0.5, 0.6) is 0 Å². The van der Waals surface area contributed by atoms with Gasteiger partial charge in [0.25, 0.3) is 0 Å². The summed E-state index contributed by atoms with van der Waals surface area (Å²) < 4.78 is 0. The topological polar surface area (TPSA) is 81.1 Å². The summed E-state index contributed by atoms with van der Waals surface area (Å²) in [5.74, 6) is -0.512. The molecule has 1 aromatic carbocycles. The Labute approximate surface area is 98.9 Å². The van der Waals surface area contributed by atoms with Gasteiger partial charge in [-0.2, -0.15) is 0 Å². The molecule has 0 unspecified atom stereocenters. The Morgan fingerprint density at radius 1 is 1.44 bits per heavy atom. The van der Waals surface area contributed by atoms with E-state index in [1.165, 1.54) is 0 Å². The SMILES string of the molecule is NC(=O)c1ccc(NC2CC(N)C2)cc1Cl. The maximum absolute atomic E-state index is 11.0. The predicted octanol–water partition coefficient (Wildman–Crippen LogP) is 1.34. The molecule has 0 atom stereocenters. The van der Waals surface area contributed by atoms with Gasteiger partial charge in [0.05, 0.1) is 10.6 Å². The highest BCUT2D eigenvalue weighted by Gasteiger charge is 2.25. The second-order valence-corrected chi connectivity index (χ2v) is 4.54. The van der Waals surface area contributed by atoms with E-state index < -0.39 is 5.91 Å². The Bertz CT molecular complexity index is 416. The summed E-state index contributed by atoms with van der Waals surface area (Å²) in [4.78, 5) is 11.0. The number of primary amides is 1. The molecule has 1 aromatic rings. The van der Waals surface area contributed by atoms with Gasteiger partial charge in [0.1, 0.15) is 0 Å². The van der Waals surface area contributed by atoms with Crippen LogP contribution in [0.1, 0.15) is 23.2 Å². The minimum atomic E-state index is -0.512. The van der Waals surface area contributed by atoms with Gasteiger partial charge in [0.2, 0.25) is 5.91 Å². The summed E-state index contributed by atoms with van der Waals surface area (Å²) in [6.07, 6.45) is 1.93. The second kappa shape index (κ2) is 4.31. The van der Waals surface area contributed by atoms with Gasteiger partial charge in [0.15, 0.2) is 0 Å². The molecule has 0 aromatic heterocycles. The van der Waals surface area contributed by atoms with Gasteiger partial charge < -0.3 is 16.8 Å². The first-order valence-corrected chi connectivity index (χ1v) is 5.55. The molecule has 1 amide bonds. The monoisotopic (exact) mass is 239 g/mol. The zero-order chi connectivity index (χ0) is 11.7. The van der Waals surface area contributed by atoms with Gasteiger partial charge in [-0.1, -0.05) is 11.6 Å². The third kappa shape index (κ3) is 2.28. The van der Waals surface area contributed by atoms with E-state index in [1.54, 1.807) is 18.2 Å². The highest BCUT2D eigenvalue weighted by molar-refractivity contribution is 6.34. The van der Waals surface area contributed by atoms with Crippen molar-refractivity contribution in [3.63, 3.8) is 0 Å². The number of rotatable bonds is 3. The molecule has 0 radical (unpaired) electrons. The fourth-order valence-corrected chi connectivity index (χ4v) is 2.09. The van der Waals surface area contributed by atoms with Crippen LogP contribution in [0.3, 0.4) is 0 Å². The number of hydrogen-bond donors (Lipinski definition) is 3. The third-order valence-electron chi connectivity index (χ3n) is 2.78. The van der Waals surface area contributed by atoms with Crippen LogP contribution < -0.4 is 16.8 Å². The van der Waals surface area contributed by atoms with Crippen molar-refractivity contribution in [1.29, 1.82) is 0 Å². The number of halogens is 1. The Balaban J connectivity index is 2.06. The molecule has 5 heteroatoms. The summed E-state index contributed by atoms with van der Waals surface area (Å²) in [5.41, 5.74) is 12.1. The third-order valence-corrected chi connectivity index (χ3v) is 3.09. The number of carbonyl (C=O) groups excluding carboxylic acids is 1. The Morgan fingerprint density at radius 2 is 2.12 bits per heavy atom. The normalized spacial score (nSPS) is 23.6. The van der Waals surface area contributed by atoms with Crippen molar-refractivity contribution >= 4 is 23.2 Å². The molecular formula is C11H14ClN3O. The molecule has 0 heterocycles. The lowest BCUT2D eigenvalue weighted by atomic mass is 9.87. The average molecular weight is 240 g/mol. The van der Waals surface area contributed by atoms with Crippen LogP contribution in [0, 0.1) is 0 Å². The minimum absolute atomic E-state index is 0.304. The van der Waals surface area contributed by atoms with Crippen LogP contribution in [0.25, 0.3) is 0 Å². The van der Waals surface area contributed by atoms with Crippen LogP contribution in [0.2, 0.25) is 5.02 Å². The van der Waals surface area contributed by atoms with Crippen molar-refractivity contribution in [2.24, 2.45) is 11.5 Å². The van der Waals surface area contributed by atoms with Crippen molar-refractivity contribution in [2.75, 3.05) is 5.32 Å². The average Bonchev–Trinajstić information content (AvgIpc) is 2.15. The Hall–Kier alpha value is -1.26. The molecule has 4 nitrogen and oxygen atoms in total. The van der Waals surface area contributed by atoms with Gasteiger partial charge >= 0.3 is 0 Å². The molecule has 0 saturated heterocycles. The number of hydrogen-bond acceptors (Lipinski definition) is 3. The number of anilines is 1. The molecule has 1 aliphatic carbocycles. The van der Waals surface area contributed by atoms with Gasteiger partial charge in [-0.3, -0.25) is 4.79 Å². The van der Waals surface area contributed by atoms with E-state index in [0.717, 1.165) is 18.5 Å². The van der Waals surface area contributed by atoms with Gasteiger partial charge in [-0.05, 0) is 31.0 Å². The highest BCUT2D eigenvalue weighted by atomic mass is 35.5. The van der Waals surface area contributed by atoms with Gasteiger partial charge in [-0.15, -0.1) is 0 Å². The Kier molecular flexibility index (Phi) is 3.03. The van der Waals surface area contributed by atoms with Crippen LogP contribution in [0.4, 0.5) is 5.69 Å². The van der Waals surface area contributed by atoms with Crippen molar-refractivity contribution in [1.82, 2.24) is 0 Å². The molecule has 1 saturated carbocycles. The van der Waals surface area contributed by atoms with Gasteiger partial charge in [0, 0.05) is 17.8 Å². The summed E-state index contributed by atoms with van der Waals surface area (Å²) in [6, 6.07) is 5.86. The van der Waals surface area contributed by atoms with E-state index >= 15 is 0 Å². The number of nitrogens with two attached hydrogens (primary N) is 2. The van der Waals surface area contributed by atoms with Crippen LogP contribution >= 0.6 is 11.6 Å². The lowest BCUT2D eigenvalue weighted by Crippen LogP contribution is -2.44. The molecule has 0 aliphatic heterocycles. The van der Waals surface area contributed by atoms with E-state index in [-0.39, 0.29) is 0 Å². The molecule has 1 fully saturated rings. The lowest BCUT2D eigenvalue weighted by molar-refractivity contribution is 0.100. The quantitative estimate of drug-likeness (QED) is 0.745. The molecule has 0 bridgehead atoms. The zero-order valence-electron chi connectivity index (χ0n) is 8.74. The number of benzene rings is 1. The number of carbonyl (C=O) groups is 1. The van der Waals surface area contributed by atoms with Crippen molar-refractivity contribution < 1.29 is 4.79 Å². The maximum atomic E-state index is 11.0. The van der Waals surface area contributed by atoms with E-state index in [1.807, 2.05) is 0 Å². The first kappa shape index (κ1) is 11.2. The fraction of sp³-hybridized carbons (Fsp3) is 0.364. The zero-order valence-corrected chi connectivity index (χ0v) is 9.50. The second-order valence-electron chi connectivity index (χ2n) is 4.13. The number of nitrogens with one attached hydrogen (secondary N) is 1. The molecule has 16 heavy (non-hydrogen) atoms. The molecule has 86 valence electrons. The van der Waals surface area contributed by atoms with Crippen molar-refractivity contribution in [3.05, 3.63) is 28.8 Å². The molecule has 0 spiro atoms. The number of amides is 1. The molecular weight excluding hydrogens is 226 g/mol. The van der Waals surface area contributed by atoms with Gasteiger partial charge in [-0.25, -0.2) is 0 Å². The Morgan fingerprint density at radius 3 is 2.62 bits per heavy atom. The van der Waals surface area contributed by atoms with E-state index in [0.29, 0.717) is 22.7 Å². The molecule has 1 aliphatic rings. The van der Waals surface area contributed by atoms with Crippen LogP contribution in [-0.2, 0) is 0 Å². The summed E-state index contributed by atoms with van der Waals surface area (Å²) >= 11 is 5.93. The van der Waals surface area contributed by atoms with E-state index in [2.05, 4.69) is 5.32 Å². The lowest BCUT2D eigenvalue weighted by Gasteiger charge is -2.33. The highest BCUT2D eigenvalue weighted by Crippen LogP contribution is 2.25. The van der Waals surface area contributed by atoms with Crippen molar-refractivity contribution in [3.8, 4) is 0 Å². The van der Waals surface area contributed by atoms with Crippen LogP contribution in [-0.4, -0.2) is 18.0 Å². The molecule has 5 N–H and O–H groups in total. The minimum Gasteiger partial charge on any atom is -0.382 e. The van der Waals surface area contributed by atoms with Crippen molar-refractivity contribution in [2.45, 2.75) is 24.9 Å².